The molecular weight excluding hydrogens is 234 g/mol. The van der Waals surface area contributed by atoms with Gasteiger partial charge in [-0.3, -0.25) is 4.79 Å². The van der Waals surface area contributed by atoms with Gasteiger partial charge in [0.05, 0.1) is 10.7 Å². The number of aryl methyl sites for hydroxylation is 1. The number of rotatable bonds is 4. The molecule has 0 aliphatic heterocycles. The van der Waals surface area contributed by atoms with Crippen LogP contribution in [0, 0.1) is 6.92 Å². The molecule has 0 amide bonds. The first kappa shape index (κ1) is 11.8. The molecule has 0 unspecified atom stereocenters. The Morgan fingerprint density at radius 2 is 2.06 bits per heavy atom. The van der Waals surface area contributed by atoms with Crippen molar-refractivity contribution >= 4 is 17.1 Å². The number of Topliss-reactive ketones (excluding diaryl/α,β-unsaturated/α-hetero) is 1. The Bertz CT molecular complexity index is 516. The Morgan fingerprint density at radius 3 is 2.59 bits per heavy atom. The fourth-order valence-corrected chi connectivity index (χ4v) is 2.01. The van der Waals surface area contributed by atoms with Gasteiger partial charge in [-0.15, -0.1) is 11.3 Å². The van der Waals surface area contributed by atoms with Crippen molar-refractivity contribution in [1.29, 1.82) is 0 Å². The molecule has 1 aromatic heterocycles. The second-order valence-electron chi connectivity index (χ2n) is 3.73. The number of benzene rings is 1. The molecule has 0 radical (unpaired) electrons. The van der Waals surface area contributed by atoms with Crippen LogP contribution in [0.2, 0.25) is 0 Å². The van der Waals surface area contributed by atoms with Crippen LogP contribution in [0.25, 0.3) is 0 Å². The summed E-state index contributed by atoms with van der Waals surface area (Å²) in [6, 6.07) is 7.14. The van der Waals surface area contributed by atoms with E-state index in [4.69, 9.17) is 4.74 Å². The first-order valence-corrected chi connectivity index (χ1v) is 6.18. The van der Waals surface area contributed by atoms with Crippen LogP contribution in [0.1, 0.15) is 28.0 Å². The second kappa shape index (κ2) is 5.10. The van der Waals surface area contributed by atoms with Gasteiger partial charge in [-0.2, -0.15) is 0 Å². The van der Waals surface area contributed by atoms with Gasteiger partial charge in [0.1, 0.15) is 12.4 Å². The van der Waals surface area contributed by atoms with Gasteiger partial charge < -0.3 is 4.74 Å². The molecule has 0 aliphatic carbocycles. The van der Waals surface area contributed by atoms with Gasteiger partial charge >= 0.3 is 0 Å². The van der Waals surface area contributed by atoms with E-state index in [0.29, 0.717) is 12.2 Å². The van der Waals surface area contributed by atoms with Crippen molar-refractivity contribution in [3.05, 3.63) is 45.9 Å². The predicted octanol–water partition coefficient (Wildman–Crippen LogP) is 3.23. The van der Waals surface area contributed by atoms with Crippen molar-refractivity contribution < 1.29 is 9.53 Å². The summed E-state index contributed by atoms with van der Waals surface area (Å²) in [4.78, 5) is 15.4. The van der Waals surface area contributed by atoms with Gasteiger partial charge in [0, 0.05) is 10.9 Å². The maximum atomic E-state index is 11.1. The van der Waals surface area contributed by atoms with E-state index in [-0.39, 0.29) is 5.78 Å². The lowest BCUT2D eigenvalue weighted by atomic mass is 10.1. The lowest BCUT2D eigenvalue weighted by Crippen LogP contribution is -1.97. The molecule has 88 valence electrons. The van der Waals surface area contributed by atoms with Gasteiger partial charge in [-0.05, 0) is 38.1 Å². The molecule has 17 heavy (non-hydrogen) atoms. The Kier molecular flexibility index (Phi) is 3.54. The summed E-state index contributed by atoms with van der Waals surface area (Å²) in [5, 5.41) is 3.02. The summed E-state index contributed by atoms with van der Waals surface area (Å²) in [5.41, 5.74) is 1.63. The molecule has 0 saturated carbocycles. The fourth-order valence-electron chi connectivity index (χ4n) is 1.42. The third-order valence-electron chi connectivity index (χ3n) is 2.31. The Balaban J connectivity index is 1.97. The average Bonchev–Trinajstić information content (AvgIpc) is 2.73. The minimum atomic E-state index is 0.0617. The number of aromatic nitrogens is 1. The van der Waals surface area contributed by atoms with Gasteiger partial charge in [0.25, 0.3) is 0 Å². The zero-order valence-electron chi connectivity index (χ0n) is 9.77. The molecule has 0 fully saturated rings. The first-order valence-electron chi connectivity index (χ1n) is 5.30. The van der Waals surface area contributed by atoms with Crippen LogP contribution in [0.4, 0.5) is 0 Å². The molecule has 0 spiro atoms. The second-order valence-corrected chi connectivity index (χ2v) is 4.79. The van der Waals surface area contributed by atoms with Gasteiger partial charge in [-0.25, -0.2) is 4.98 Å². The van der Waals surface area contributed by atoms with E-state index in [9.17, 15) is 4.79 Å². The van der Waals surface area contributed by atoms with Gasteiger partial charge in [0.15, 0.2) is 5.78 Å². The first-order chi connectivity index (χ1) is 8.15. The molecule has 1 heterocycles. The van der Waals surface area contributed by atoms with E-state index >= 15 is 0 Å². The number of ether oxygens (including phenoxy) is 1. The fraction of sp³-hybridized carbons (Fsp3) is 0.231. The average molecular weight is 247 g/mol. The van der Waals surface area contributed by atoms with Crippen LogP contribution in [0.5, 0.6) is 5.75 Å². The van der Waals surface area contributed by atoms with Crippen molar-refractivity contribution in [1.82, 2.24) is 4.98 Å². The molecular formula is C13H13NO2S. The standard InChI is InChI=1S/C13H13NO2S/c1-9(15)11-3-5-13(6-4-11)16-7-12-8-17-10(2)14-12/h3-6,8H,7H2,1-2H3. The quantitative estimate of drug-likeness (QED) is 0.779. The topological polar surface area (TPSA) is 39.2 Å². The highest BCUT2D eigenvalue weighted by molar-refractivity contribution is 7.09. The van der Waals surface area contributed by atoms with E-state index in [2.05, 4.69) is 4.98 Å². The molecule has 0 aliphatic rings. The highest BCUT2D eigenvalue weighted by Crippen LogP contribution is 2.15. The van der Waals surface area contributed by atoms with Crippen LogP contribution < -0.4 is 4.74 Å². The van der Waals surface area contributed by atoms with Crippen molar-refractivity contribution in [2.45, 2.75) is 20.5 Å². The number of hydrogen-bond donors (Lipinski definition) is 0. The third-order valence-corrected chi connectivity index (χ3v) is 3.14. The Hall–Kier alpha value is -1.68. The van der Waals surface area contributed by atoms with Crippen LogP contribution in [0.3, 0.4) is 0 Å². The third kappa shape index (κ3) is 3.14. The lowest BCUT2D eigenvalue weighted by molar-refractivity contribution is 0.101. The Morgan fingerprint density at radius 1 is 1.35 bits per heavy atom. The van der Waals surface area contributed by atoms with Crippen molar-refractivity contribution in [2.75, 3.05) is 0 Å². The lowest BCUT2D eigenvalue weighted by Gasteiger charge is -2.04. The summed E-state index contributed by atoms with van der Waals surface area (Å²) in [7, 11) is 0. The normalized spacial score (nSPS) is 10.2. The van der Waals surface area contributed by atoms with Crippen LogP contribution >= 0.6 is 11.3 Å². The smallest absolute Gasteiger partial charge is 0.159 e. The molecule has 0 atom stereocenters. The minimum absolute atomic E-state index is 0.0617. The molecule has 4 heteroatoms. The summed E-state index contributed by atoms with van der Waals surface area (Å²) >= 11 is 1.61. The molecule has 2 aromatic rings. The van der Waals surface area contributed by atoms with E-state index in [0.717, 1.165) is 16.5 Å². The van der Waals surface area contributed by atoms with E-state index in [1.165, 1.54) is 0 Å². The number of carbonyl (C=O) groups excluding carboxylic acids is 1. The predicted molar refractivity (Wildman–Crippen MR) is 67.6 cm³/mol. The SMILES string of the molecule is CC(=O)c1ccc(OCc2csc(C)n2)cc1. The summed E-state index contributed by atoms with van der Waals surface area (Å²) in [6.45, 7) is 3.98. The number of thiazole rings is 1. The molecule has 1 aromatic carbocycles. The van der Waals surface area contributed by atoms with E-state index < -0.39 is 0 Å². The molecule has 0 N–H and O–H groups in total. The number of hydrogen-bond acceptors (Lipinski definition) is 4. The maximum absolute atomic E-state index is 11.1. The maximum Gasteiger partial charge on any atom is 0.159 e. The van der Waals surface area contributed by atoms with Crippen LogP contribution in [0.15, 0.2) is 29.6 Å². The summed E-state index contributed by atoms with van der Waals surface area (Å²) in [5.74, 6) is 0.812. The summed E-state index contributed by atoms with van der Waals surface area (Å²) in [6.07, 6.45) is 0. The number of carbonyl (C=O) groups is 1. The Labute approximate surface area is 104 Å². The van der Waals surface area contributed by atoms with E-state index in [1.54, 1.807) is 42.5 Å². The van der Waals surface area contributed by atoms with Gasteiger partial charge in [0.2, 0.25) is 0 Å². The largest absolute Gasteiger partial charge is 0.487 e. The molecule has 0 bridgehead atoms. The highest BCUT2D eigenvalue weighted by atomic mass is 32.1. The summed E-state index contributed by atoms with van der Waals surface area (Å²) < 4.78 is 5.57. The monoisotopic (exact) mass is 247 g/mol. The zero-order valence-corrected chi connectivity index (χ0v) is 10.6. The zero-order chi connectivity index (χ0) is 12.3. The minimum Gasteiger partial charge on any atom is -0.487 e. The van der Waals surface area contributed by atoms with Crippen LogP contribution in [-0.2, 0) is 6.61 Å². The van der Waals surface area contributed by atoms with E-state index in [1.807, 2.05) is 12.3 Å². The van der Waals surface area contributed by atoms with Crippen molar-refractivity contribution in [3.8, 4) is 5.75 Å². The number of ketones is 1. The number of nitrogens with zero attached hydrogens (tertiary/aromatic N) is 1. The van der Waals surface area contributed by atoms with Crippen LogP contribution in [-0.4, -0.2) is 10.8 Å². The highest BCUT2D eigenvalue weighted by Gasteiger charge is 2.01. The molecule has 2 rings (SSSR count). The molecule has 0 saturated heterocycles. The van der Waals surface area contributed by atoms with Gasteiger partial charge in [-0.1, -0.05) is 0 Å². The van der Waals surface area contributed by atoms with Crippen molar-refractivity contribution in [2.24, 2.45) is 0 Å². The van der Waals surface area contributed by atoms with Crippen molar-refractivity contribution in [3.63, 3.8) is 0 Å². The molecule has 3 nitrogen and oxygen atoms in total.